The molecule has 0 saturated carbocycles. The lowest BCUT2D eigenvalue weighted by Gasteiger charge is -2.29. The first-order valence-corrected chi connectivity index (χ1v) is 10.5. The molecule has 2 N–H and O–H groups in total. The zero-order valence-corrected chi connectivity index (χ0v) is 17.3. The second-order valence-electron chi connectivity index (χ2n) is 7.76. The highest BCUT2D eigenvalue weighted by molar-refractivity contribution is 5.54. The van der Waals surface area contributed by atoms with E-state index in [0.29, 0.717) is 5.82 Å². The van der Waals surface area contributed by atoms with Gasteiger partial charge < -0.3 is 19.1 Å². The molecule has 3 aromatic rings. The summed E-state index contributed by atoms with van der Waals surface area (Å²) >= 11 is 0. The molecule has 0 bridgehead atoms. The lowest BCUT2D eigenvalue weighted by molar-refractivity contribution is -1.02. The van der Waals surface area contributed by atoms with Crippen LogP contribution in [-0.2, 0) is 19.5 Å². The molecule has 0 amide bonds. The van der Waals surface area contributed by atoms with Gasteiger partial charge in [-0.3, -0.25) is 0 Å². The van der Waals surface area contributed by atoms with Crippen LogP contribution in [0.2, 0.25) is 0 Å². The molecule has 0 atom stereocenters. The predicted molar refractivity (Wildman–Crippen MR) is 111 cm³/mol. The average Bonchev–Trinajstić information content (AvgIpc) is 3.24. The van der Waals surface area contributed by atoms with E-state index < -0.39 is 0 Å². The maximum absolute atomic E-state index is 5.52. The highest BCUT2D eigenvalue weighted by atomic mass is 16.5. The van der Waals surface area contributed by atoms with Crippen LogP contribution in [0.4, 0.5) is 0 Å². The average molecular weight is 395 g/mol. The number of methoxy groups -OCH3 is 1. The summed E-state index contributed by atoms with van der Waals surface area (Å²) in [7, 11) is 1.71. The lowest BCUT2D eigenvalue weighted by Crippen LogP contribution is -3.27. The number of quaternary nitrogens is 2. The van der Waals surface area contributed by atoms with Gasteiger partial charge >= 0.3 is 0 Å². The highest BCUT2D eigenvalue weighted by Gasteiger charge is 2.25. The Bertz CT molecular complexity index is 897. The molecule has 2 aromatic carbocycles. The molecule has 2 heterocycles. The Morgan fingerprint density at radius 1 is 0.862 bits per heavy atom. The quantitative estimate of drug-likeness (QED) is 0.622. The summed E-state index contributed by atoms with van der Waals surface area (Å²) in [5.41, 5.74) is 3.69. The summed E-state index contributed by atoms with van der Waals surface area (Å²) in [6.45, 7) is 8.57. The van der Waals surface area contributed by atoms with Gasteiger partial charge in [0.05, 0.1) is 7.11 Å². The molecule has 1 aromatic heterocycles. The van der Waals surface area contributed by atoms with Gasteiger partial charge in [-0.25, -0.2) is 0 Å². The van der Waals surface area contributed by atoms with Crippen LogP contribution in [0.15, 0.2) is 53.1 Å². The largest absolute Gasteiger partial charge is 0.497 e. The van der Waals surface area contributed by atoms with E-state index in [4.69, 9.17) is 9.26 Å². The molecule has 4 rings (SSSR count). The Kier molecular flexibility index (Phi) is 6.22. The molecule has 0 aliphatic carbocycles. The van der Waals surface area contributed by atoms with Gasteiger partial charge in [0.15, 0.2) is 6.54 Å². The Hall–Kier alpha value is -2.70. The second-order valence-corrected chi connectivity index (χ2v) is 7.76. The van der Waals surface area contributed by atoms with Crippen molar-refractivity contribution in [2.24, 2.45) is 0 Å². The van der Waals surface area contributed by atoms with E-state index >= 15 is 0 Å². The van der Waals surface area contributed by atoms with Gasteiger partial charge in [0.25, 0.3) is 5.89 Å². The van der Waals surface area contributed by atoms with Gasteiger partial charge in [0.1, 0.15) is 38.5 Å². The van der Waals surface area contributed by atoms with Crippen LogP contribution in [-0.4, -0.2) is 43.4 Å². The third-order valence-electron chi connectivity index (χ3n) is 5.77. The normalized spacial score (nSPS) is 19.2. The van der Waals surface area contributed by atoms with Crippen molar-refractivity contribution < 1.29 is 19.1 Å². The van der Waals surface area contributed by atoms with Gasteiger partial charge in [-0.15, -0.1) is 0 Å². The fraction of sp³-hybridized carbons (Fsp3) is 0.391. The van der Waals surface area contributed by atoms with Crippen molar-refractivity contribution in [3.8, 4) is 17.1 Å². The minimum Gasteiger partial charge on any atom is -0.497 e. The Morgan fingerprint density at radius 2 is 1.48 bits per heavy atom. The second kappa shape index (κ2) is 9.20. The molecule has 0 unspecified atom stereocenters. The first kappa shape index (κ1) is 19.6. The molecule has 152 valence electrons. The van der Waals surface area contributed by atoms with Crippen molar-refractivity contribution in [2.75, 3.05) is 33.3 Å². The van der Waals surface area contributed by atoms with Gasteiger partial charge in [0.2, 0.25) is 5.82 Å². The number of rotatable bonds is 7. The zero-order valence-electron chi connectivity index (χ0n) is 17.3. The standard InChI is InChI=1S/C23H28N4O2/c1-3-18-4-8-20(9-5-18)23-24-22(29-25-23)17-27-14-12-26(13-15-27)16-19-6-10-21(28-2)11-7-19/h4-11H,3,12-17H2,1-2H3/p+2. The SMILES string of the molecule is CCc1ccc(-c2noc(C[NH+]3CC[NH+](Cc4ccc(OC)cc4)CC3)n2)cc1. The number of piperazine rings is 1. The van der Waals surface area contributed by atoms with E-state index in [1.807, 2.05) is 12.1 Å². The van der Waals surface area contributed by atoms with E-state index in [1.54, 1.807) is 12.0 Å². The van der Waals surface area contributed by atoms with Crippen LogP contribution in [0.25, 0.3) is 11.4 Å². The first-order valence-electron chi connectivity index (χ1n) is 10.5. The summed E-state index contributed by atoms with van der Waals surface area (Å²) in [5.74, 6) is 2.33. The Balaban J connectivity index is 1.27. The predicted octanol–water partition coefficient (Wildman–Crippen LogP) is 0.791. The summed E-state index contributed by atoms with van der Waals surface area (Å²) < 4.78 is 10.8. The molecular weight excluding hydrogens is 364 g/mol. The van der Waals surface area contributed by atoms with Crippen LogP contribution in [0.5, 0.6) is 5.75 Å². The van der Waals surface area contributed by atoms with E-state index in [1.165, 1.54) is 16.0 Å². The molecule has 1 aliphatic rings. The first-order chi connectivity index (χ1) is 14.2. The minimum absolute atomic E-state index is 0.686. The maximum Gasteiger partial charge on any atom is 0.282 e. The van der Waals surface area contributed by atoms with Crippen LogP contribution >= 0.6 is 0 Å². The topological polar surface area (TPSA) is 57.0 Å². The summed E-state index contributed by atoms with van der Waals surface area (Å²) in [4.78, 5) is 7.76. The number of aromatic nitrogens is 2. The van der Waals surface area contributed by atoms with E-state index in [0.717, 1.165) is 62.9 Å². The smallest absolute Gasteiger partial charge is 0.282 e. The Morgan fingerprint density at radius 3 is 2.10 bits per heavy atom. The number of nitrogens with zero attached hydrogens (tertiary/aromatic N) is 2. The van der Waals surface area contributed by atoms with Crippen LogP contribution < -0.4 is 14.5 Å². The number of benzene rings is 2. The third kappa shape index (κ3) is 5.02. The summed E-state index contributed by atoms with van der Waals surface area (Å²) in [6, 6.07) is 16.8. The number of aryl methyl sites for hydroxylation is 1. The molecule has 1 fully saturated rings. The molecule has 0 radical (unpaired) electrons. The fourth-order valence-electron chi connectivity index (χ4n) is 3.89. The van der Waals surface area contributed by atoms with Gasteiger partial charge in [-0.05, 0) is 36.2 Å². The van der Waals surface area contributed by atoms with Gasteiger partial charge in [0, 0.05) is 11.1 Å². The van der Waals surface area contributed by atoms with Crippen LogP contribution in [0, 0.1) is 0 Å². The molecule has 6 nitrogen and oxygen atoms in total. The van der Waals surface area contributed by atoms with Crippen molar-refractivity contribution in [3.05, 3.63) is 65.5 Å². The van der Waals surface area contributed by atoms with Crippen molar-refractivity contribution in [3.63, 3.8) is 0 Å². The summed E-state index contributed by atoms with van der Waals surface area (Å²) in [6.07, 6.45) is 1.04. The molecule has 1 saturated heterocycles. The molecular formula is C23H30N4O2+2. The zero-order chi connectivity index (χ0) is 20.1. The van der Waals surface area contributed by atoms with Crippen molar-refractivity contribution in [1.29, 1.82) is 0 Å². The monoisotopic (exact) mass is 394 g/mol. The van der Waals surface area contributed by atoms with Crippen LogP contribution in [0.1, 0.15) is 23.9 Å². The fourth-order valence-corrected chi connectivity index (χ4v) is 3.89. The number of hydrogen-bond donors (Lipinski definition) is 2. The lowest BCUT2D eigenvalue weighted by atomic mass is 10.1. The number of nitrogens with one attached hydrogen (secondary N) is 2. The highest BCUT2D eigenvalue weighted by Crippen LogP contribution is 2.16. The van der Waals surface area contributed by atoms with Gasteiger partial charge in [-0.2, -0.15) is 4.98 Å². The number of ether oxygens (including phenoxy) is 1. The molecule has 6 heteroatoms. The van der Waals surface area contributed by atoms with Crippen molar-refractivity contribution in [1.82, 2.24) is 10.1 Å². The van der Waals surface area contributed by atoms with E-state index in [2.05, 4.69) is 53.5 Å². The molecule has 29 heavy (non-hydrogen) atoms. The van der Waals surface area contributed by atoms with E-state index in [-0.39, 0.29) is 0 Å². The molecule has 0 spiro atoms. The summed E-state index contributed by atoms with van der Waals surface area (Å²) in [5, 5.41) is 4.18. The third-order valence-corrected chi connectivity index (χ3v) is 5.77. The maximum atomic E-state index is 5.52. The number of hydrogen-bond acceptors (Lipinski definition) is 4. The molecule has 1 aliphatic heterocycles. The van der Waals surface area contributed by atoms with E-state index in [9.17, 15) is 0 Å². The van der Waals surface area contributed by atoms with Crippen LogP contribution in [0.3, 0.4) is 0 Å². The van der Waals surface area contributed by atoms with Crippen molar-refractivity contribution in [2.45, 2.75) is 26.4 Å². The Labute approximate surface area is 172 Å². The van der Waals surface area contributed by atoms with Gasteiger partial charge in [-0.1, -0.05) is 36.3 Å². The van der Waals surface area contributed by atoms with Crippen molar-refractivity contribution >= 4 is 0 Å². The minimum atomic E-state index is 0.686.